The van der Waals surface area contributed by atoms with E-state index in [4.69, 9.17) is 4.74 Å². The van der Waals surface area contributed by atoms with Crippen molar-refractivity contribution < 1.29 is 9.53 Å². The van der Waals surface area contributed by atoms with E-state index in [1.165, 1.54) is 26.4 Å². The van der Waals surface area contributed by atoms with E-state index < -0.39 is 0 Å². The molecule has 1 heterocycles. The maximum atomic E-state index is 11.2. The van der Waals surface area contributed by atoms with Crippen LogP contribution in [0.15, 0.2) is 0 Å². The van der Waals surface area contributed by atoms with Gasteiger partial charge in [0.25, 0.3) is 0 Å². The minimum absolute atomic E-state index is 0.0319. The second-order valence-corrected chi connectivity index (χ2v) is 4.17. The summed E-state index contributed by atoms with van der Waals surface area (Å²) in [6, 6.07) is -0.0319. The Kier molecular flexibility index (Phi) is 2.54. The molecule has 0 amide bonds. The molecular formula is C10H17NO2. The van der Waals surface area contributed by atoms with Crippen molar-refractivity contribution in [2.75, 3.05) is 13.7 Å². The number of carbonyl (C=O) groups is 1. The SMILES string of the molecule is COC(=O)[C@@H]1CC(C2CCC2)CN1. The molecule has 0 radical (unpaired) electrons. The van der Waals surface area contributed by atoms with Crippen molar-refractivity contribution in [1.29, 1.82) is 0 Å². The minimum Gasteiger partial charge on any atom is -0.468 e. The maximum absolute atomic E-state index is 11.2. The Bertz CT molecular complexity index is 201. The van der Waals surface area contributed by atoms with Gasteiger partial charge in [0.2, 0.25) is 0 Å². The van der Waals surface area contributed by atoms with E-state index >= 15 is 0 Å². The van der Waals surface area contributed by atoms with Crippen LogP contribution in [0, 0.1) is 11.8 Å². The number of methoxy groups -OCH3 is 1. The van der Waals surface area contributed by atoms with Crippen LogP contribution in [0.2, 0.25) is 0 Å². The summed E-state index contributed by atoms with van der Waals surface area (Å²) < 4.78 is 4.71. The first-order chi connectivity index (χ1) is 6.31. The summed E-state index contributed by atoms with van der Waals surface area (Å²) >= 11 is 0. The third-order valence-electron chi connectivity index (χ3n) is 3.47. The van der Waals surface area contributed by atoms with Gasteiger partial charge in [0.05, 0.1) is 7.11 Å². The van der Waals surface area contributed by atoms with Gasteiger partial charge in [-0.1, -0.05) is 19.3 Å². The molecule has 0 aromatic rings. The highest BCUT2D eigenvalue weighted by Gasteiger charge is 2.36. The molecule has 1 aliphatic heterocycles. The van der Waals surface area contributed by atoms with Gasteiger partial charge in [-0.2, -0.15) is 0 Å². The second-order valence-electron chi connectivity index (χ2n) is 4.17. The molecule has 1 saturated heterocycles. The van der Waals surface area contributed by atoms with Gasteiger partial charge in [-0.05, 0) is 24.8 Å². The van der Waals surface area contributed by atoms with Crippen molar-refractivity contribution in [1.82, 2.24) is 5.32 Å². The van der Waals surface area contributed by atoms with Gasteiger partial charge in [-0.15, -0.1) is 0 Å². The van der Waals surface area contributed by atoms with Gasteiger partial charge in [0.15, 0.2) is 0 Å². The van der Waals surface area contributed by atoms with Crippen LogP contribution in [0.25, 0.3) is 0 Å². The first-order valence-corrected chi connectivity index (χ1v) is 5.12. The maximum Gasteiger partial charge on any atom is 0.322 e. The highest BCUT2D eigenvalue weighted by Crippen LogP contribution is 2.37. The molecule has 1 aliphatic carbocycles. The van der Waals surface area contributed by atoms with E-state index in [0.717, 1.165) is 24.8 Å². The average Bonchev–Trinajstić information content (AvgIpc) is 2.49. The van der Waals surface area contributed by atoms with Gasteiger partial charge < -0.3 is 10.1 Å². The third-order valence-corrected chi connectivity index (χ3v) is 3.47. The van der Waals surface area contributed by atoms with E-state index in [2.05, 4.69) is 5.32 Å². The smallest absolute Gasteiger partial charge is 0.322 e. The van der Waals surface area contributed by atoms with Gasteiger partial charge in [0, 0.05) is 0 Å². The number of nitrogens with one attached hydrogen (secondary N) is 1. The van der Waals surface area contributed by atoms with Crippen LogP contribution in [0.1, 0.15) is 25.7 Å². The first kappa shape index (κ1) is 9.00. The van der Waals surface area contributed by atoms with E-state index in [1.54, 1.807) is 0 Å². The van der Waals surface area contributed by atoms with Gasteiger partial charge in [-0.3, -0.25) is 4.79 Å². The van der Waals surface area contributed by atoms with Crippen molar-refractivity contribution >= 4 is 5.97 Å². The Morgan fingerprint density at radius 1 is 1.38 bits per heavy atom. The van der Waals surface area contributed by atoms with E-state index in [-0.39, 0.29) is 12.0 Å². The highest BCUT2D eigenvalue weighted by molar-refractivity contribution is 5.76. The number of ether oxygens (including phenoxy) is 1. The first-order valence-electron chi connectivity index (χ1n) is 5.12. The Balaban J connectivity index is 1.82. The van der Waals surface area contributed by atoms with Crippen molar-refractivity contribution in [3.05, 3.63) is 0 Å². The summed E-state index contributed by atoms with van der Waals surface area (Å²) in [5.74, 6) is 1.50. The lowest BCUT2D eigenvalue weighted by molar-refractivity contribution is -0.142. The molecular weight excluding hydrogens is 166 g/mol. The summed E-state index contributed by atoms with van der Waals surface area (Å²) in [4.78, 5) is 11.2. The Hall–Kier alpha value is -0.570. The largest absolute Gasteiger partial charge is 0.468 e. The van der Waals surface area contributed by atoms with E-state index in [0.29, 0.717) is 0 Å². The lowest BCUT2D eigenvalue weighted by atomic mass is 9.75. The lowest BCUT2D eigenvalue weighted by Gasteiger charge is -2.30. The number of hydrogen-bond acceptors (Lipinski definition) is 3. The number of rotatable bonds is 2. The molecule has 1 unspecified atom stereocenters. The molecule has 1 N–H and O–H groups in total. The summed E-state index contributed by atoms with van der Waals surface area (Å²) in [5.41, 5.74) is 0. The Labute approximate surface area is 78.8 Å². The molecule has 0 bridgehead atoms. The topological polar surface area (TPSA) is 38.3 Å². The predicted molar refractivity (Wildman–Crippen MR) is 49.3 cm³/mol. The van der Waals surface area contributed by atoms with Crippen LogP contribution >= 0.6 is 0 Å². The monoisotopic (exact) mass is 183 g/mol. The molecule has 2 atom stereocenters. The number of esters is 1. The van der Waals surface area contributed by atoms with Crippen LogP contribution in [0.4, 0.5) is 0 Å². The van der Waals surface area contributed by atoms with Gasteiger partial charge >= 0.3 is 5.97 Å². The Morgan fingerprint density at radius 3 is 2.69 bits per heavy atom. The molecule has 3 nitrogen and oxygen atoms in total. The predicted octanol–water partition coefficient (Wildman–Crippen LogP) is 0.938. The molecule has 2 fully saturated rings. The standard InChI is InChI=1S/C10H17NO2/c1-13-10(12)9-5-8(6-11-9)7-3-2-4-7/h7-9,11H,2-6H2,1H3/t8?,9-/m0/s1. The summed E-state index contributed by atoms with van der Waals surface area (Å²) in [5, 5.41) is 3.23. The molecule has 0 aromatic carbocycles. The third kappa shape index (κ3) is 1.70. The fourth-order valence-electron chi connectivity index (χ4n) is 2.36. The number of carbonyl (C=O) groups excluding carboxylic acids is 1. The van der Waals surface area contributed by atoms with Crippen molar-refractivity contribution in [2.45, 2.75) is 31.7 Å². The van der Waals surface area contributed by atoms with Crippen LogP contribution in [0.3, 0.4) is 0 Å². The Morgan fingerprint density at radius 2 is 2.15 bits per heavy atom. The number of hydrogen-bond donors (Lipinski definition) is 1. The second kappa shape index (κ2) is 3.66. The summed E-state index contributed by atoms with van der Waals surface area (Å²) in [6.45, 7) is 1.00. The van der Waals surface area contributed by atoms with Crippen LogP contribution in [-0.4, -0.2) is 25.7 Å². The zero-order valence-electron chi connectivity index (χ0n) is 8.08. The minimum atomic E-state index is -0.0955. The average molecular weight is 183 g/mol. The zero-order chi connectivity index (χ0) is 9.26. The van der Waals surface area contributed by atoms with Crippen molar-refractivity contribution in [3.8, 4) is 0 Å². The summed E-state index contributed by atoms with van der Waals surface area (Å²) in [7, 11) is 1.46. The van der Waals surface area contributed by atoms with Crippen LogP contribution in [-0.2, 0) is 9.53 Å². The molecule has 2 aliphatic rings. The van der Waals surface area contributed by atoms with Crippen LogP contribution < -0.4 is 5.32 Å². The quantitative estimate of drug-likeness (QED) is 0.647. The molecule has 1 saturated carbocycles. The van der Waals surface area contributed by atoms with E-state index in [9.17, 15) is 4.79 Å². The highest BCUT2D eigenvalue weighted by atomic mass is 16.5. The van der Waals surface area contributed by atoms with Gasteiger partial charge in [0.1, 0.15) is 6.04 Å². The summed E-state index contributed by atoms with van der Waals surface area (Å²) in [6.07, 6.45) is 5.09. The van der Waals surface area contributed by atoms with Crippen molar-refractivity contribution in [3.63, 3.8) is 0 Å². The molecule has 3 heteroatoms. The molecule has 2 rings (SSSR count). The van der Waals surface area contributed by atoms with Crippen molar-refractivity contribution in [2.24, 2.45) is 11.8 Å². The molecule has 13 heavy (non-hydrogen) atoms. The normalized spacial score (nSPS) is 34.2. The molecule has 74 valence electrons. The lowest BCUT2D eigenvalue weighted by Crippen LogP contribution is -2.31. The van der Waals surface area contributed by atoms with Crippen LogP contribution in [0.5, 0.6) is 0 Å². The van der Waals surface area contributed by atoms with Gasteiger partial charge in [-0.25, -0.2) is 0 Å². The molecule has 0 aromatic heterocycles. The molecule has 0 spiro atoms. The fourth-order valence-corrected chi connectivity index (χ4v) is 2.36. The fraction of sp³-hybridized carbons (Fsp3) is 0.900. The van der Waals surface area contributed by atoms with E-state index in [1.807, 2.05) is 0 Å². The zero-order valence-corrected chi connectivity index (χ0v) is 8.08.